The van der Waals surface area contributed by atoms with E-state index in [9.17, 15) is 4.79 Å². The van der Waals surface area contributed by atoms with Crippen molar-refractivity contribution in [1.29, 1.82) is 0 Å². The number of hydrogen-bond donors (Lipinski definition) is 0. The monoisotopic (exact) mass is 377 g/mol. The molecule has 0 spiro atoms. The van der Waals surface area contributed by atoms with Crippen LogP contribution in [0.3, 0.4) is 0 Å². The summed E-state index contributed by atoms with van der Waals surface area (Å²) in [6, 6.07) is 11.3. The Labute approximate surface area is 164 Å². The highest BCUT2D eigenvalue weighted by atomic mass is 35.5. The van der Waals surface area contributed by atoms with Gasteiger partial charge in [0, 0.05) is 18.6 Å². The highest BCUT2D eigenvalue weighted by Crippen LogP contribution is 2.33. The van der Waals surface area contributed by atoms with Crippen LogP contribution in [-0.2, 0) is 9.53 Å². The van der Waals surface area contributed by atoms with Crippen molar-refractivity contribution in [2.75, 3.05) is 13.2 Å². The second kappa shape index (κ2) is 10.1. The predicted octanol–water partition coefficient (Wildman–Crippen LogP) is 4.96. The highest BCUT2D eigenvalue weighted by molar-refractivity contribution is 5.85. The SMILES string of the molecule is CC1CCC(C)N1CCOC(=O)C(c1ccccc1)C1C=CCCC1.Cl. The quantitative estimate of drug-likeness (QED) is 0.518. The van der Waals surface area contributed by atoms with Gasteiger partial charge in [0.1, 0.15) is 6.61 Å². The Balaban J connectivity index is 0.00000243. The van der Waals surface area contributed by atoms with Crippen molar-refractivity contribution in [3.05, 3.63) is 48.0 Å². The molecule has 4 heteroatoms. The first-order valence-electron chi connectivity index (χ1n) is 9.81. The lowest BCUT2D eigenvalue weighted by molar-refractivity contribution is -0.147. The van der Waals surface area contributed by atoms with Gasteiger partial charge in [-0.25, -0.2) is 0 Å². The van der Waals surface area contributed by atoms with E-state index in [0.717, 1.165) is 31.4 Å². The number of carbonyl (C=O) groups excluding carboxylic acids is 1. The molecule has 0 bridgehead atoms. The van der Waals surface area contributed by atoms with Crippen molar-refractivity contribution in [3.63, 3.8) is 0 Å². The number of ether oxygens (including phenoxy) is 1. The molecule has 3 rings (SSSR count). The van der Waals surface area contributed by atoms with Gasteiger partial charge in [-0.3, -0.25) is 9.69 Å². The van der Waals surface area contributed by atoms with E-state index in [2.05, 4.69) is 43.0 Å². The minimum atomic E-state index is -0.175. The molecule has 1 fully saturated rings. The summed E-state index contributed by atoms with van der Waals surface area (Å²) in [5, 5.41) is 0. The molecule has 1 heterocycles. The number of likely N-dealkylation sites (tertiary alicyclic amines) is 1. The van der Waals surface area contributed by atoms with Crippen molar-refractivity contribution >= 4 is 18.4 Å². The fraction of sp³-hybridized carbons (Fsp3) is 0.591. The zero-order valence-electron chi connectivity index (χ0n) is 16.0. The average molecular weight is 378 g/mol. The largest absolute Gasteiger partial charge is 0.464 e. The van der Waals surface area contributed by atoms with E-state index in [1.165, 1.54) is 12.8 Å². The van der Waals surface area contributed by atoms with Gasteiger partial charge >= 0.3 is 5.97 Å². The molecule has 1 aromatic carbocycles. The smallest absolute Gasteiger partial charge is 0.314 e. The van der Waals surface area contributed by atoms with Crippen LogP contribution in [0.5, 0.6) is 0 Å². The Morgan fingerprint density at radius 3 is 2.46 bits per heavy atom. The van der Waals surface area contributed by atoms with Gasteiger partial charge in [-0.05, 0) is 57.4 Å². The maximum absolute atomic E-state index is 12.9. The Morgan fingerprint density at radius 2 is 1.85 bits per heavy atom. The van der Waals surface area contributed by atoms with Gasteiger partial charge in [0.25, 0.3) is 0 Å². The number of hydrogen-bond acceptors (Lipinski definition) is 3. The second-order valence-electron chi connectivity index (χ2n) is 7.59. The lowest BCUT2D eigenvalue weighted by atomic mass is 9.80. The molecule has 4 atom stereocenters. The second-order valence-corrected chi connectivity index (χ2v) is 7.59. The minimum absolute atomic E-state index is 0. The predicted molar refractivity (Wildman–Crippen MR) is 109 cm³/mol. The molecule has 3 nitrogen and oxygen atoms in total. The van der Waals surface area contributed by atoms with E-state index in [1.54, 1.807) is 0 Å². The normalized spacial score (nSPS) is 26.9. The van der Waals surface area contributed by atoms with Gasteiger partial charge in [-0.2, -0.15) is 0 Å². The number of nitrogens with zero attached hydrogens (tertiary/aromatic N) is 1. The van der Waals surface area contributed by atoms with Crippen LogP contribution in [0.1, 0.15) is 57.4 Å². The molecule has 1 aliphatic heterocycles. The Kier molecular flexibility index (Phi) is 8.17. The lowest BCUT2D eigenvalue weighted by Gasteiger charge is -2.28. The van der Waals surface area contributed by atoms with E-state index in [4.69, 9.17) is 4.74 Å². The maximum atomic E-state index is 12.9. The summed E-state index contributed by atoms with van der Waals surface area (Å²) in [6.07, 6.45) is 10.3. The molecule has 26 heavy (non-hydrogen) atoms. The van der Waals surface area contributed by atoms with E-state index in [1.807, 2.05) is 18.2 Å². The van der Waals surface area contributed by atoms with Crippen LogP contribution in [0.25, 0.3) is 0 Å². The van der Waals surface area contributed by atoms with Crippen molar-refractivity contribution < 1.29 is 9.53 Å². The number of benzene rings is 1. The number of halogens is 1. The Morgan fingerprint density at radius 1 is 1.15 bits per heavy atom. The topological polar surface area (TPSA) is 29.5 Å². The molecule has 0 amide bonds. The van der Waals surface area contributed by atoms with Crippen LogP contribution in [0.15, 0.2) is 42.5 Å². The average Bonchev–Trinajstić information content (AvgIpc) is 2.96. The van der Waals surface area contributed by atoms with Gasteiger partial charge in [0.15, 0.2) is 0 Å². The number of esters is 1. The molecule has 1 aliphatic carbocycles. The van der Waals surface area contributed by atoms with Crippen LogP contribution in [0, 0.1) is 5.92 Å². The number of carbonyl (C=O) groups is 1. The summed E-state index contributed by atoms with van der Waals surface area (Å²) in [6.45, 7) is 5.87. The summed E-state index contributed by atoms with van der Waals surface area (Å²) >= 11 is 0. The highest BCUT2D eigenvalue weighted by Gasteiger charge is 2.31. The molecule has 0 aromatic heterocycles. The van der Waals surface area contributed by atoms with E-state index >= 15 is 0 Å². The van der Waals surface area contributed by atoms with Gasteiger partial charge < -0.3 is 4.74 Å². The van der Waals surface area contributed by atoms with E-state index in [-0.39, 0.29) is 30.2 Å². The summed E-state index contributed by atoms with van der Waals surface area (Å²) in [4.78, 5) is 15.4. The third-order valence-corrected chi connectivity index (χ3v) is 5.86. The van der Waals surface area contributed by atoms with Crippen molar-refractivity contribution in [1.82, 2.24) is 4.90 Å². The van der Waals surface area contributed by atoms with Gasteiger partial charge in [-0.1, -0.05) is 42.5 Å². The van der Waals surface area contributed by atoms with Crippen molar-refractivity contribution in [2.45, 2.75) is 64.0 Å². The van der Waals surface area contributed by atoms with Crippen LogP contribution < -0.4 is 0 Å². The lowest BCUT2D eigenvalue weighted by Crippen LogP contribution is -2.36. The zero-order valence-corrected chi connectivity index (χ0v) is 16.8. The standard InChI is InChI=1S/C22H31NO2.ClH/c1-17-13-14-18(2)23(17)15-16-25-22(24)21(19-9-5-3-6-10-19)20-11-7-4-8-12-20;/h3,5-7,9-11,17-18,20-21H,4,8,12-16H2,1-2H3;1H. The summed E-state index contributed by atoms with van der Waals surface area (Å²) in [7, 11) is 0. The molecular formula is C22H32ClNO2. The van der Waals surface area contributed by atoms with E-state index < -0.39 is 0 Å². The van der Waals surface area contributed by atoms with Crippen molar-refractivity contribution in [2.24, 2.45) is 5.92 Å². The third kappa shape index (κ3) is 5.11. The van der Waals surface area contributed by atoms with E-state index in [0.29, 0.717) is 18.7 Å². The summed E-state index contributed by atoms with van der Waals surface area (Å²) < 4.78 is 5.76. The molecule has 1 saturated heterocycles. The molecule has 4 unspecified atom stereocenters. The first-order chi connectivity index (χ1) is 12.2. The minimum Gasteiger partial charge on any atom is -0.464 e. The zero-order chi connectivity index (χ0) is 17.6. The molecule has 0 N–H and O–H groups in total. The Bertz CT molecular complexity index is 579. The summed E-state index contributed by atoms with van der Waals surface area (Å²) in [5.74, 6) is 0.0155. The van der Waals surface area contributed by atoms with Crippen LogP contribution in [-0.4, -0.2) is 36.1 Å². The fourth-order valence-electron chi connectivity index (χ4n) is 4.37. The van der Waals surface area contributed by atoms with Gasteiger partial charge in [0.05, 0.1) is 5.92 Å². The molecule has 0 radical (unpaired) electrons. The fourth-order valence-corrected chi connectivity index (χ4v) is 4.37. The van der Waals surface area contributed by atoms with Crippen LogP contribution in [0.2, 0.25) is 0 Å². The third-order valence-electron chi connectivity index (χ3n) is 5.86. The number of rotatable bonds is 6. The molecular weight excluding hydrogens is 346 g/mol. The first kappa shape index (κ1) is 21.0. The first-order valence-corrected chi connectivity index (χ1v) is 9.81. The van der Waals surface area contributed by atoms with Crippen molar-refractivity contribution in [3.8, 4) is 0 Å². The van der Waals surface area contributed by atoms with Gasteiger partial charge in [-0.15, -0.1) is 12.4 Å². The van der Waals surface area contributed by atoms with Crippen LogP contribution >= 0.6 is 12.4 Å². The van der Waals surface area contributed by atoms with Crippen LogP contribution in [0.4, 0.5) is 0 Å². The molecule has 1 aromatic rings. The molecule has 144 valence electrons. The molecule has 2 aliphatic rings. The number of allylic oxidation sites excluding steroid dienone is 2. The molecule has 0 saturated carbocycles. The maximum Gasteiger partial charge on any atom is 0.314 e. The van der Waals surface area contributed by atoms with Gasteiger partial charge in [0.2, 0.25) is 0 Å². The Hall–Kier alpha value is -1.32. The summed E-state index contributed by atoms with van der Waals surface area (Å²) in [5.41, 5.74) is 1.08.